The fourth-order valence-corrected chi connectivity index (χ4v) is 6.08. The largest absolute Gasteiger partial charge is 0.508 e. The molecule has 1 aromatic carbocycles. The maximum Gasteiger partial charge on any atom is 0.240 e. The van der Waals surface area contributed by atoms with Gasteiger partial charge in [0.1, 0.15) is 5.75 Å². The topological polar surface area (TPSA) is 69.6 Å². The molecule has 2 N–H and O–H groups in total. The van der Waals surface area contributed by atoms with Crippen molar-refractivity contribution in [1.29, 1.82) is 0 Å². The summed E-state index contributed by atoms with van der Waals surface area (Å²) in [7, 11) is -2.10. The molecule has 1 fully saturated rings. The van der Waals surface area contributed by atoms with Crippen LogP contribution in [0.5, 0.6) is 5.75 Å². The Morgan fingerprint density at radius 2 is 2.19 bits per heavy atom. The third-order valence-electron chi connectivity index (χ3n) is 3.22. The Kier molecular flexibility index (Phi) is 5.13. The Morgan fingerprint density at radius 1 is 1.52 bits per heavy atom. The molecule has 1 heterocycles. The second-order valence-electron chi connectivity index (χ2n) is 5.37. The van der Waals surface area contributed by atoms with E-state index in [0.717, 1.165) is 6.54 Å². The lowest BCUT2D eigenvalue weighted by atomic mass is 10.2. The van der Waals surface area contributed by atoms with Gasteiger partial charge in [-0.15, -0.1) is 11.8 Å². The predicted molar refractivity (Wildman–Crippen MR) is 89.6 cm³/mol. The Hall–Kier alpha value is -0.0400. The number of phenols is 1. The maximum atomic E-state index is 11.9. The first kappa shape index (κ1) is 17.3. The molecule has 1 saturated heterocycles. The van der Waals surface area contributed by atoms with Gasteiger partial charge in [-0.05, 0) is 39.1 Å². The van der Waals surface area contributed by atoms with Gasteiger partial charge in [0.25, 0.3) is 0 Å². The van der Waals surface area contributed by atoms with Gasteiger partial charge in [0.2, 0.25) is 10.0 Å². The Labute approximate surface area is 136 Å². The minimum absolute atomic E-state index is 0.00309. The molecule has 5 nitrogen and oxygen atoms in total. The average molecular weight is 369 g/mol. The molecular weight excluding hydrogens is 351 g/mol. The van der Waals surface area contributed by atoms with Crippen molar-refractivity contribution >= 4 is 41.1 Å². The van der Waals surface area contributed by atoms with Gasteiger partial charge in [0.15, 0.2) is 0 Å². The standard InChI is InChI=1S/C12H18ClN2O3PS2/c1-12(2)7-15(19-13)11(20-12)9-6-8(4-5-10(9)16)21(17,18)14-3/h4-6,11,14,16,19H,7H2,1-3H3. The third kappa shape index (κ3) is 3.66. The summed E-state index contributed by atoms with van der Waals surface area (Å²) in [5.74, 6) is 0.0835. The van der Waals surface area contributed by atoms with E-state index in [4.69, 9.17) is 11.2 Å². The molecule has 1 aliphatic rings. The quantitative estimate of drug-likeness (QED) is 0.800. The number of nitrogens with one attached hydrogen (secondary N) is 1. The molecule has 0 bridgehead atoms. The molecule has 0 radical (unpaired) electrons. The smallest absolute Gasteiger partial charge is 0.240 e. The molecule has 21 heavy (non-hydrogen) atoms. The molecule has 0 saturated carbocycles. The highest BCUT2D eigenvalue weighted by atomic mass is 35.7. The van der Waals surface area contributed by atoms with Crippen LogP contribution in [0.15, 0.2) is 23.1 Å². The van der Waals surface area contributed by atoms with Crippen molar-refractivity contribution in [2.75, 3.05) is 13.6 Å². The van der Waals surface area contributed by atoms with E-state index in [1.54, 1.807) is 11.8 Å². The summed E-state index contributed by atoms with van der Waals surface area (Å²) in [4.78, 5) is 0.140. The summed E-state index contributed by atoms with van der Waals surface area (Å²) < 4.78 is 28.2. The summed E-state index contributed by atoms with van der Waals surface area (Å²) in [6.45, 7) is 4.99. The van der Waals surface area contributed by atoms with E-state index < -0.39 is 10.0 Å². The first-order valence-electron chi connectivity index (χ1n) is 6.27. The van der Waals surface area contributed by atoms with Gasteiger partial charge in [0, 0.05) is 24.9 Å². The molecule has 1 aromatic rings. The summed E-state index contributed by atoms with van der Waals surface area (Å²) in [5.41, 5.74) is 0.579. The summed E-state index contributed by atoms with van der Waals surface area (Å²) in [6.07, 6.45) is 0. The zero-order valence-corrected chi connectivity index (χ0v) is 15.3. The highest BCUT2D eigenvalue weighted by Crippen LogP contribution is 2.55. The molecule has 118 valence electrons. The number of aromatic hydroxyl groups is 1. The van der Waals surface area contributed by atoms with E-state index in [1.807, 2.05) is 4.67 Å². The number of halogens is 1. The van der Waals surface area contributed by atoms with E-state index in [-0.39, 0.29) is 28.9 Å². The average Bonchev–Trinajstić information content (AvgIpc) is 2.74. The fourth-order valence-electron chi connectivity index (χ4n) is 2.22. The number of benzene rings is 1. The van der Waals surface area contributed by atoms with Crippen molar-refractivity contribution in [3.8, 4) is 5.75 Å². The Balaban J connectivity index is 2.46. The van der Waals surface area contributed by atoms with Crippen LogP contribution in [0.1, 0.15) is 24.8 Å². The van der Waals surface area contributed by atoms with Crippen molar-refractivity contribution in [3.05, 3.63) is 23.8 Å². The van der Waals surface area contributed by atoms with Crippen molar-refractivity contribution in [3.63, 3.8) is 0 Å². The van der Waals surface area contributed by atoms with Crippen molar-refractivity contribution in [2.45, 2.75) is 28.9 Å². The van der Waals surface area contributed by atoms with Crippen LogP contribution < -0.4 is 4.72 Å². The molecule has 0 amide bonds. The predicted octanol–water partition coefficient (Wildman–Crippen LogP) is 2.87. The lowest BCUT2D eigenvalue weighted by Gasteiger charge is -2.21. The molecule has 2 atom stereocenters. The van der Waals surface area contributed by atoms with Gasteiger partial charge in [-0.2, -0.15) is 0 Å². The summed E-state index contributed by atoms with van der Waals surface area (Å²) in [5, 5.41) is 9.97. The van der Waals surface area contributed by atoms with E-state index in [9.17, 15) is 13.5 Å². The van der Waals surface area contributed by atoms with Crippen molar-refractivity contribution in [2.24, 2.45) is 0 Å². The molecule has 0 spiro atoms. The first-order valence-corrected chi connectivity index (χ1v) is 10.6. The summed E-state index contributed by atoms with van der Waals surface area (Å²) >= 11 is 7.69. The van der Waals surface area contributed by atoms with Gasteiger partial charge in [-0.25, -0.2) is 13.1 Å². The molecule has 9 heteroatoms. The van der Waals surface area contributed by atoms with Crippen molar-refractivity contribution in [1.82, 2.24) is 9.39 Å². The second-order valence-corrected chi connectivity index (χ2v) is 10.3. The number of sulfonamides is 1. The van der Waals surface area contributed by atoms with E-state index >= 15 is 0 Å². The maximum absolute atomic E-state index is 11.9. The molecule has 1 aliphatic heterocycles. The Bertz CT molecular complexity index is 639. The highest BCUT2D eigenvalue weighted by molar-refractivity contribution is 8.01. The zero-order chi connectivity index (χ0) is 15.8. The highest BCUT2D eigenvalue weighted by Gasteiger charge is 2.40. The van der Waals surface area contributed by atoms with Crippen LogP contribution in [0.4, 0.5) is 0 Å². The van der Waals surface area contributed by atoms with E-state index in [2.05, 4.69) is 18.6 Å². The molecule has 0 aliphatic carbocycles. The number of thioether (sulfide) groups is 1. The molecule has 0 aromatic heterocycles. The van der Waals surface area contributed by atoms with Gasteiger partial charge < -0.3 is 5.11 Å². The van der Waals surface area contributed by atoms with Gasteiger partial charge in [0.05, 0.1) is 10.3 Å². The normalized spacial score (nSPS) is 23.1. The lowest BCUT2D eigenvalue weighted by Crippen LogP contribution is -2.21. The number of phenolic OH excluding ortho intramolecular Hbond substituents is 1. The van der Waals surface area contributed by atoms with Gasteiger partial charge >= 0.3 is 0 Å². The van der Waals surface area contributed by atoms with Crippen LogP contribution in [0.2, 0.25) is 0 Å². The lowest BCUT2D eigenvalue weighted by molar-refractivity contribution is 0.424. The van der Waals surface area contributed by atoms with Gasteiger partial charge in [-0.3, -0.25) is 4.67 Å². The fraction of sp³-hybridized carbons (Fsp3) is 0.500. The first-order chi connectivity index (χ1) is 9.70. The monoisotopic (exact) mass is 368 g/mol. The molecular formula is C12H18ClN2O3PS2. The van der Waals surface area contributed by atoms with Crippen LogP contribution in [0.25, 0.3) is 0 Å². The van der Waals surface area contributed by atoms with Crippen LogP contribution in [-0.2, 0) is 10.0 Å². The number of hydrogen-bond acceptors (Lipinski definition) is 5. The van der Waals surface area contributed by atoms with Crippen molar-refractivity contribution < 1.29 is 13.5 Å². The molecule has 2 unspecified atom stereocenters. The van der Waals surface area contributed by atoms with Crippen LogP contribution >= 0.6 is 31.1 Å². The number of hydrogen-bond donors (Lipinski definition) is 2. The van der Waals surface area contributed by atoms with Crippen LogP contribution in [0, 0.1) is 0 Å². The Morgan fingerprint density at radius 3 is 2.76 bits per heavy atom. The minimum atomic E-state index is -3.54. The number of nitrogens with zero attached hydrogens (tertiary/aromatic N) is 1. The minimum Gasteiger partial charge on any atom is -0.508 e. The van der Waals surface area contributed by atoms with Crippen LogP contribution in [-0.4, -0.2) is 36.5 Å². The SMILES string of the molecule is CNS(=O)(=O)c1ccc(O)c(C2SC(C)(C)CN2PCl)c1. The second kappa shape index (κ2) is 6.22. The van der Waals surface area contributed by atoms with Crippen LogP contribution in [0.3, 0.4) is 0 Å². The van der Waals surface area contributed by atoms with Gasteiger partial charge in [-0.1, -0.05) is 11.2 Å². The van der Waals surface area contributed by atoms with E-state index in [0.29, 0.717) is 5.56 Å². The van der Waals surface area contributed by atoms with E-state index in [1.165, 1.54) is 25.2 Å². The molecule has 2 rings (SSSR count). The number of rotatable bonds is 4. The third-order valence-corrected chi connectivity index (χ3v) is 7.60. The zero-order valence-electron chi connectivity index (χ0n) is 11.9. The summed E-state index contributed by atoms with van der Waals surface area (Å²) in [6, 6.07) is 4.33.